The van der Waals surface area contributed by atoms with Gasteiger partial charge in [0.1, 0.15) is 0 Å². The van der Waals surface area contributed by atoms with Crippen LogP contribution in [-0.2, 0) is 0 Å². The number of nitrogens with zero attached hydrogens (tertiary/aromatic N) is 1. The molecule has 1 amide bonds. The highest BCUT2D eigenvalue weighted by molar-refractivity contribution is 5.98. The molecule has 2 aliphatic carbocycles. The molecule has 0 heterocycles. The lowest BCUT2D eigenvalue weighted by Gasteiger charge is -2.31. The van der Waals surface area contributed by atoms with E-state index < -0.39 is 0 Å². The maximum Gasteiger partial charge on any atom is 0.271 e. The Morgan fingerprint density at radius 1 is 1.29 bits per heavy atom. The third-order valence-corrected chi connectivity index (χ3v) is 3.50. The van der Waals surface area contributed by atoms with Crippen molar-refractivity contribution >= 4 is 11.6 Å². The van der Waals surface area contributed by atoms with Gasteiger partial charge < -0.3 is 0 Å². The van der Waals surface area contributed by atoms with Gasteiger partial charge in [-0.1, -0.05) is 30.4 Å². The number of benzene rings is 1. The largest absolute Gasteiger partial charge is 0.271 e. The molecule has 1 saturated carbocycles. The molecule has 3 heteroatoms. The van der Waals surface area contributed by atoms with Gasteiger partial charge in [0.2, 0.25) is 0 Å². The highest BCUT2D eigenvalue weighted by Crippen LogP contribution is 2.39. The van der Waals surface area contributed by atoms with Crippen molar-refractivity contribution in [2.24, 2.45) is 16.9 Å². The van der Waals surface area contributed by atoms with E-state index in [-0.39, 0.29) is 5.91 Å². The van der Waals surface area contributed by atoms with Crippen LogP contribution in [0.4, 0.5) is 0 Å². The van der Waals surface area contributed by atoms with E-state index in [4.69, 9.17) is 0 Å². The second-order valence-electron chi connectivity index (χ2n) is 4.55. The van der Waals surface area contributed by atoms with Gasteiger partial charge in [-0.2, -0.15) is 5.10 Å². The third kappa shape index (κ3) is 1.88. The fourth-order valence-electron chi connectivity index (χ4n) is 2.44. The molecule has 0 unspecified atom stereocenters. The molecule has 1 N–H and O–H groups in total. The summed E-state index contributed by atoms with van der Waals surface area (Å²) in [6.07, 6.45) is 6.53. The van der Waals surface area contributed by atoms with E-state index >= 15 is 0 Å². The van der Waals surface area contributed by atoms with Gasteiger partial charge in [-0.05, 0) is 30.9 Å². The first-order valence-corrected chi connectivity index (χ1v) is 5.93. The van der Waals surface area contributed by atoms with Gasteiger partial charge in [-0.15, -0.1) is 0 Å². The lowest BCUT2D eigenvalue weighted by atomic mass is 9.74. The van der Waals surface area contributed by atoms with E-state index in [2.05, 4.69) is 22.7 Å². The van der Waals surface area contributed by atoms with Gasteiger partial charge in [0.25, 0.3) is 5.91 Å². The minimum atomic E-state index is -0.132. The second kappa shape index (κ2) is 4.17. The Hall–Kier alpha value is -1.90. The van der Waals surface area contributed by atoms with Crippen LogP contribution in [0.15, 0.2) is 47.6 Å². The van der Waals surface area contributed by atoms with Crippen molar-refractivity contribution in [3.8, 4) is 0 Å². The summed E-state index contributed by atoms with van der Waals surface area (Å²) in [5.41, 5.74) is 4.41. The fourth-order valence-corrected chi connectivity index (χ4v) is 2.44. The number of hydrogen-bond donors (Lipinski definition) is 1. The number of allylic oxidation sites excluding steroid dienone is 2. The molecule has 0 bridgehead atoms. The number of rotatable bonds is 2. The number of hydrazone groups is 1. The molecule has 17 heavy (non-hydrogen) atoms. The van der Waals surface area contributed by atoms with Crippen LogP contribution in [0.3, 0.4) is 0 Å². The minimum absolute atomic E-state index is 0.132. The molecule has 86 valence electrons. The van der Waals surface area contributed by atoms with Crippen molar-refractivity contribution in [3.63, 3.8) is 0 Å². The molecule has 3 nitrogen and oxygen atoms in total. The van der Waals surface area contributed by atoms with Gasteiger partial charge >= 0.3 is 0 Å². The SMILES string of the molecule is O=C(N/N=C1/C[C@@H]2C=CC[C@@H]12)c1ccccc1. The van der Waals surface area contributed by atoms with E-state index in [9.17, 15) is 4.79 Å². The zero-order valence-electron chi connectivity index (χ0n) is 9.47. The Morgan fingerprint density at radius 2 is 2.12 bits per heavy atom. The summed E-state index contributed by atoms with van der Waals surface area (Å²) in [5.74, 6) is 1.08. The lowest BCUT2D eigenvalue weighted by molar-refractivity contribution is 0.0954. The molecule has 0 aliphatic heterocycles. The Labute approximate surface area is 100 Å². The van der Waals surface area contributed by atoms with Crippen LogP contribution in [0.5, 0.6) is 0 Å². The molecule has 3 rings (SSSR count). The summed E-state index contributed by atoms with van der Waals surface area (Å²) in [4.78, 5) is 11.7. The van der Waals surface area contributed by atoms with Crippen molar-refractivity contribution in [2.45, 2.75) is 12.8 Å². The average Bonchev–Trinajstić information content (AvgIpc) is 2.72. The standard InChI is InChI=1S/C14H14N2O/c17-14(10-5-2-1-3-6-10)16-15-13-9-11-7-4-8-12(11)13/h1-7,11-12H,8-9H2,(H,16,17)/b15-13-/t11-,12+/m0/s1. The summed E-state index contributed by atoms with van der Waals surface area (Å²) >= 11 is 0. The van der Waals surface area contributed by atoms with Crippen LogP contribution in [-0.4, -0.2) is 11.6 Å². The summed E-state index contributed by atoms with van der Waals surface area (Å²) in [6.45, 7) is 0. The second-order valence-corrected chi connectivity index (χ2v) is 4.55. The van der Waals surface area contributed by atoms with E-state index in [0.717, 1.165) is 18.6 Å². The van der Waals surface area contributed by atoms with Crippen LogP contribution >= 0.6 is 0 Å². The molecule has 0 aromatic heterocycles. The zero-order valence-corrected chi connectivity index (χ0v) is 9.47. The average molecular weight is 226 g/mol. The van der Waals surface area contributed by atoms with Crippen molar-refractivity contribution in [3.05, 3.63) is 48.0 Å². The van der Waals surface area contributed by atoms with E-state index in [1.54, 1.807) is 12.1 Å². The van der Waals surface area contributed by atoms with Crippen molar-refractivity contribution in [1.29, 1.82) is 0 Å². The van der Waals surface area contributed by atoms with Crippen molar-refractivity contribution < 1.29 is 4.79 Å². The highest BCUT2D eigenvalue weighted by atomic mass is 16.2. The molecule has 0 radical (unpaired) electrons. The predicted octanol–water partition coefficient (Wildman–Crippen LogP) is 2.37. The highest BCUT2D eigenvalue weighted by Gasteiger charge is 2.37. The van der Waals surface area contributed by atoms with E-state index in [0.29, 0.717) is 17.4 Å². The first kappa shape index (κ1) is 10.3. The summed E-state index contributed by atoms with van der Waals surface area (Å²) in [7, 11) is 0. The van der Waals surface area contributed by atoms with Crippen LogP contribution < -0.4 is 5.43 Å². The molecule has 1 aromatic rings. The van der Waals surface area contributed by atoms with Crippen molar-refractivity contribution in [2.75, 3.05) is 0 Å². The quantitative estimate of drug-likeness (QED) is 0.610. The summed E-state index contributed by atoms with van der Waals surface area (Å²) in [5, 5.41) is 4.23. The molecule has 1 aromatic carbocycles. The topological polar surface area (TPSA) is 41.5 Å². The maximum absolute atomic E-state index is 11.7. The Balaban J connectivity index is 1.62. The monoisotopic (exact) mass is 226 g/mol. The number of fused-ring (bicyclic) bond motifs is 1. The fraction of sp³-hybridized carbons (Fsp3) is 0.286. The van der Waals surface area contributed by atoms with Gasteiger partial charge in [0, 0.05) is 17.2 Å². The molecule has 0 saturated heterocycles. The van der Waals surface area contributed by atoms with Crippen LogP contribution in [0, 0.1) is 11.8 Å². The number of carbonyl (C=O) groups excluding carboxylic acids is 1. The molecule has 2 atom stereocenters. The number of amides is 1. The van der Waals surface area contributed by atoms with Gasteiger partial charge in [-0.25, -0.2) is 5.43 Å². The first-order chi connectivity index (χ1) is 8.34. The smallest absolute Gasteiger partial charge is 0.267 e. The zero-order chi connectivity index (χ0) is 11.7. The van der Waals surface area contributed by atoms with Crippen molar-refractivity contribution in [1.82, 2.24) is 5.43 Å². The molecular formula is C14H14N2O. The summed E-state index contributed by atoms with van der Waals surface area (Å²) in [6, 6.07) is 9.17. The van der Waals surface area contributed by atoms with Crippen LogP contribution in [0.1, 0.15) is 23.2 Å². The van der Waals surface area contributed by atoms with Gasteiger partial charge in [-0.3, -0.25) is 4.79 Å². The summed E-state index contributed by atoms with van der Waals surface area (Å²) < 4.78 is 0. The molecular weight excluding hydrogens is 212 g/mol. The Kier molecular flexibility index (Phi) is 2.52. The van der Waals surface area contributed by atoms with Gasteiger partial charge in [0.05, 0.1) is 0 Å². The molecule has 0 spiro atoms. The van der Waals surface area contributed by atoms with Crippen LogP contribution in [0.25, 0.3) is 0 Å². The number of nitrogens with one attached hydrogen (secondary N) is 1. The Bertz CT molecular complexity index is 490. The minimum Gasteiger partial charge on any atom is -0.267 e. The Morgan fingerprint density at radius 3 is 2.88 bits per heavy atom. The van der Waals surface area contributed by atoms with Crippen LogP contribution in [0.2, 0.25) is 0 Å². The first-order valence-electron chi connectivity index (χ1n) is 5.93. The lowest BCUT2D eigenvalue weighted by Crippen LogP contribution is -2.35. The number of carbonyl (C=O) groups is 1. The van der Waals surface area contributed by atoms with Gasteiger partial charge in [0.15, 0.2) is 0 Å². The molecule has 2 aliphatic rings. The number of hydrogen-bond acceptors (Lipinski definition) is 2. The van der Waals surface area contributed by atoms with E-state index in [1.165, 1.54) is 0 Å². The van der Waals surface area contributed by atoms with E-state index in [1.807, 2.05) is 18.2 Å². The third-order valence-electron chi connectivity index (χ3n) is 3.50. The normalized spacial score (nSPS) is 27.6. The maximum atomic E-state index is 11.7. The molecule has 1 fully saturated rings. The predicted molar refractivity (Wildman–Crippen MR) is 66.7 cm³/mol.